The molecule has 6 atom stereocenters. The minimum Gasteiger partial charge on any atom is -0.466 e. The van der Waals surface area contributed by atoms with E-state index in [0.717, 1.165) is 17.5 Å². The van der Waals surface area contributed by atoms with E-state index in [1.165, 1.54) is 0 Å². The zero-order valence-electron chi connectivity index (χ0n) is 22.3. The van der Waals surface area contributed by atoms with E-state index in [2.05, 4.69) is 6.58 Å². The highest BCUT2D eigenvalue weighted by Crippen LogP contribution is 2.67. The van der Waals surface area contributed by atoms with E-state index in [4.69, 9.17) is 4.74 Å². The zero-order valence-corrected chi connectivity index (χ0v) is 23.1. The lowest BCUT2D eigenvalue weighted by Crippen LogP contribution is -2.57. The van der Waals surface area contributed by atoms with Crippen LogP contribution in [0.2, 0.25) is 0 Å². The number of ether oxygens (including phenoxy) is 1. The first kappa shape index (κ1) is 27.5. The Hall–Kier alpha value is -3.10. The van der Waals surface area contributed by atoms with Gasteiger partial charge >= 0.3 is 5.97 Å². The molecule has 2 aromatic rings. The molecular weight excluding hydrogens is 512 g/mol. The number of thioether (sulfide) groups is 1. The van der Waals surface area contributed by atoms with E-state index >= 15 is 0 Å². The van der Waals surface area contributed by atoms with Crippen LogP contribution in [0.25, 0.3) is 0 Å². The van der Waals surface area contributed by atoms with Crippen molar-refractivity contribution in [2.75, 3.05) is 19.8 Å². The van der Waals surface area contributed by atoms with Gasteiger partial charge in [-0.25, -0.2) is 0 Å². The molecule has 39 heavy (non-hydrogen) atoms. The number of aliphatic hydroxyl groups is 1. The number of hydrogen-bond acceptors (Lipinski definition) is 6. The fourth-order valence-electron chi connectivity index (χ4n) is 6.77. The van der Waals surface area contributed by atoms with Crippen molar-refractivity contribution in [1.82, 2.24) is 9.80 Å². The molecule has 3 saturated heterocycles. The van der Waals surface area contributed by atoms with Crippen molar-refractivity contribution in [3.05, 3.63) is 84.4 Å². The smallest absolute Gasteiger partial charge is 0.310 e. The summed E-state index contributed by atoms with van der Waals surface area (Å²) in [6.07, 6.45) is 3.52. The Morgan fingerprint density at radius 2 is 1.85 bits per heavy atom. The van der Waals surface area contributed by atoms with Crippen molar-refractivity contribution in [1.29, 1.82) is 0 Å². The van der Waals surface area contributed by atoms with Crippen molar-refractivity contribution in [2.45, 2.75) is 54.8 Å². The Morgan fingerprint density at radius 1 is 1.18 bits per heavy atom. The molecule has 0 aliphatic carbocycles. The van der Waals surface area contributed by atoms with Gasteiger partial charge in [0.05, 0.1) is 35.8 Å². The van der Waals surface area contributed by atoms with Crippen molar-refractivity contribution in [3.8, 4) is 0 Å². The first-order valence-electron chi connectivity index (χ1n) is 13.7. The number of fused-ring (bicyclic) bond motifs is 1. The molecule has 2 amide bonds. The molecule has 3 aliphatic heterocycles. The molecular formula is C31H36N2O5S. The molecule has 5 rings (SSSR count). The first-order chi connectivity index (χ1) is 18.9. The van der Waals surface area contributed by atoms with Crippen LogP contribution < -0.4 is 0 Å². The highest BCUT2D eigenvalue weighted by molar-refractivity contribution is 8.02. The number of carbonyl (C=O) groups is 3. The van der Waals surface area contributed by atoms with Gasteiger partial charge in [0.1, 0.15) is 6.04 Å². The quantitative estimate of drug-likeness (QED) is 0.342. The Balaban J connectivity index is 1.56. The molecule has 1 N–H and O–H groups in total. The summed E-state index contributed by atoms with van der Waals surface area (Å²) in [6, 6.07) is 18.0. The molecule has 3 aliphatic rings. The van der Waals surface area contributed by atoms with Crippen LogP contribution >= 0.6 is 11.8 Å². The molecule has 3 heterocycles. The van der Waals surface area contributed by atoms with E-state index in [0.29, 0.717) is 25.9 Å². The van der Waals surface area contributed by atoms with Gasteiger partial charge in [0.2, 0.25) is 11.8 Å². The summed E-state index contributed by atoms with van der Waals surface area (Å²) in [6.45, 7) is 6.30. The van der Waals surface area contributed by atoms with Crippen LogP contribution in [0.4, 0.5) is 0 Å². The zero-order chi connectivity index (χ0) is 27.6. The Labute approximate surface area is 234 Å². The number of rotatable bonds is 11. The maximum absolute atomic E-state index is 14.6. The summed E-state index contributed by atoms with van der Waals surface area (Å²) in [5.41, 5.74) is 1.95. The SMILES string of the molecule is C=CCN(Cc1ccccc1)C(=O)C1N([C@@H](CO)Cc2ccccc2)C(=O)[C@@H]2[C@@H](C(=O)OCC)[C@H]3CCC12S3. The fraction of sp³-hybridized carbons (Fsp3) is 0.452. The maximum Gasteiger partial charge on any atom is 0.310 e. The number of benzene rings is 2. The average molecular weight is 549 g/mol. The van der Waals surface area contributed by atoms with E-state index in [1.54, 1.807) is 34.6 Å². The molecule has 0 radical (unpaired) electrons. The monoisotopic (exact) mass is 548 g/mol. The number of aliphatic hydroxyl groups excluding tert-OH is 1. The van der Waals surface area contributed by atoms with Gasteiger partial charge in [-0.3, -0.25) is 14.4 Å². The van der Waals surface area contributed by atoms with Crippen molar-refractivity contribution in [3.63, 3.8) is 0 Å². The topological polar surface area (TPSA) is 87.2 Å². The largest absolute Gasteiger partial charge is 0.466 e. The van der Waals surface area contributed by atoms with Gasteiger partial charge in [-0.1, -0.05) is 66.7 Å². The summed E-state index contributed by atoms with van der Waals surface area (Å²) in [5.74, 6) is -2.00. The number of hydrogen-bond donors (Lipinski definition) is 1. The second kappa shape index (κ2) is 11.6. The van der Waals surface area contributed by atoms with E-state index in [1.807, 2.05) is 60.7 Å². The van der Waals surface area contributed by atoms with Crippen LogP contribution in [0.1, 0.15) is 30.9 Å². The van der Waals surface area contributed by atoms with Gasteiger partial charge in [0, 0.05) is 18.3 Å². The summed E-state index contributed by atoms with van der Waals surface area (Å²) in [7, 11) is 0. The lowest BCUT2D eigenvalue weighted by Gasteiger charge is -2.39. The number of amides is 2. The van der Waals surface area contributed by atoms with E-state index in [-0.39, 0.29) is 36.2 Å². The molecule has 2 unspecified atom stereocenters. The first-order valence-corrected chi connectivity index (χ1v) is 14.6. The van der Waals surface area contributed by atoms with Crippen LogP contribution in [0, 0.1) is 11.8 Å². The lowest BCUT2D eigenvalue weighted by atomic mass is 9.71. The molecule has 3 fully saturated rings. The van der Waals surface area contributed by atoms with Crippen LogP contribution in [-0.4, -0.2) is 74.5 Å². The Bertz CT molecular complexity index is 1210. The third-order valence-corrected chi connectivity index (χ3v) is 10.3. The van der Waals surface area contributed by atoms with Crippen molar-refractivity contribution in [2.24, 2.45) is 11.8 Å². The Morgan fingerprint density at radius 3 is 2.46 bits per heavy atom. The second-order valence-electron chi connectivity index (χ2n) is 10.6. The standard InChI is InChI=1S/C31H36N2O5S/c1-3-17-32(19-22-13-9-6-10-14-22)29(36)27-31-16-15-24(39-31)25(30(37)38-4-2)26(31)28(35)33(27)23(20-34)18-21-11-7-5-8-12-21/h3,5-14,23-27,34H,1,4,15-20H2,2H3/t23-,24-,25+,26+,27?,31?/m1/s1. The highest BCUT2D eigenvalue weighted by Gasteiger charge is 2.74. The highest BCUT2D eigenvalue weighted by atomic mass is 32.2. The molecule has 1 spiro atoms. The summed E-state index contributed by atoms with van der Waals surface area (Å²) in [4.78, 5) is 45.4. The molecule has 206 valence electrons. The predicted octanol–water partition coefficient (Wildman–Crippen LogP) is 3.46. The van der Waals surface area contributed by atoms with Crippen LogP contribution in [0.15, 0.2) is 73.3 Å². The van der Waals surface area contributed by atoms with Gasteiger partial charge < -0.3 is 19.6 Å². The minimum atomic E-state index is -0.797. The third-order valence-electron chi connectivity index (χ3n) is 8.33. The fourth-order valence-corrected chi connectivity index (χ4v) is 8.96. The molecule has 2 aromatic carbocycles. The molecule has 0 aromatic heterocycles. The minimum absolute atomic E-state index is 0.0564. The van der Waals surface area contributed by atoms with Crippen molar-refractivity contribution >= 4 is 29.5 Å². The molecule has 8 heteroatoms. The van der Waals surface area contributed by atoms with E-state index in [9.17, 15) is 19.5 Å². The third kappa shape index (κ3) is 4.89. The van der Waals surface area contributed by atoms with Gasteiger partial charge in [0.25, 0.3) is 0 Å². The molecule has 7 nitrogen and oxygen atoms in total. The van der Waals surface area contributed by atoms with Gasteiger partial charge in [-0.15, -0.1) is 18.3 Å². The number of esters is 1. The average Bonchev–Trinajstić information content (AvgIpc) is 3.60. The van der Waals surface area contributed by atoms with E-state index < -0.39 is 28.7 Å². The lowest BCUT2D eigenvalue weighted by molar-refractivity contribution is -0.154. The maximum atomic E-state index is 14.6. The van der Waals surface area contributed by atoms with Gasteiger partial charge in [-0.05, 0) is 37.3 Å². The normalized spacial score (nSPS) is 27.7. The number of nitrogens with zero attached hydrogens (tertiary/aromatic N) is 2. The van der Waals surface area contributed by atoms with Gasteiger partial charge in [0.15, 0.2) is 0 Å². The van der Waals surface area contributed by atoms with Crippen molar-refractivity contribution < 1.29 is 24.2 Å². The molecule has 2 bridgehead atoms. The molecule has 0 saturated carbocycles. The Kier molecular flexibility index (Phi) is 8.14. The summed E-state index contributed by atoms with van der Waals surface area (Å²) >= 11 is 1.61. The summed E-state index contributed by atoms with van der Waals surface area (Å²) in [5, 5.41) is 10.5. The second-order valence-corrected chi connectivity index (χ2v) is 12.2. The predicted molar refractivity (Wildman–Crippen MR) is 151 cm³/mol. The number of likely N-dealkylation sites (tertiary alicyclic amines) is 1. The number of carbonyl (C=O) groups excluding carboxylic acids is 3. The van der Waals surface area contributed by atoms with Crippen LogP contribution in [-0.2, 0) is 32.1 Å². The summed E-state index contributed by atoms with van der Waals surface area (Å²) < 4.78 is 4.69. The van der Waals surface area contributed by atoms with Gasteiger partial charge in [-0.2, -0.15) is 0 Å². The van der Waals surface area contributed by atoms with Crippen LogP contribution in [0.3, 0.4) is 0 Å². The van der Waals surface area contributed by atoms with Crippen LogP contribution in [0.5, 0.6) is 0 Å².